The molecule has 22 nitrogen and oxygen atoms in total. The van der Waals surface area contributed by atoms with Crippen molar-refractivity contribution >= 4 is 17.8 Å². The number of ether oxygens (including phenoxy) is 4. The van der Waals surface area contributed by atoms with Crippen molar-refractivity contribution in [1.29, 1.82) is 0 Å². The second-order valence-electron chi connectivity index (χ2n) is 21.5. The predicted octanol–water partition coefficient (Wildman–Crippen LogP) is -0.469. The molecule has 0 spiro atoms. The van der Waals surface area contributed by atoms with Gasteiger partial charge in [-0.05, 0) is 46.6 Å². The maximum Gasteiger partial charge on any atom is 0.308 e. The number of hydrogen-bond donors (Lipinski definition) is 13. The van der Waals surface area contributed by atoms with Crippen LogP contribution >= 0.6 is 0 Å². The van der Waals surface area contributed by atoms with Crippen molar-refractivity contribution in [2.24, 2.45) is 17.8 Å². The summed E-state index contributed by atoms with van der Waals surface area (Å²) in [5, 5.41) is 127. The molecule has 79 heavy (non-hydrogen) atoms. The zero-order chi connectivity index (χ0) is 58.2. The van der Waals surface area contributed by atoms with Gasteiger partial charge in [0.1, 0.15) is 18.3 Å². The fourth-order valence-electron chi connectivity index (χ4n) is 10.2. The lowest BCUT2D eigenvalue weighted by Crippen LogP contribution is -2.64. The van der Waals surface area contributed by atoms with E-state index in [2.05, 4.69) is 15.5 Å². The third-order valence-electron chi connectivity index (χ3n) is 15.0. The normalized spacial score (nSPS) is 40.9. The number of nitrogens with one attached hydrogen (secondary N) is 2. The number of cyclic esters (lactones) is 1. The molecule has 2 bridgehead atoms. The second kappa shape index (κ2) is 34.4. The van der Waals surface area contributed by atoms with E-state index in [1.165, 1.54) is 6.92 Å². The third-order valence-corrected chi connectivity index (χ3v) is 15.0. The zero-order valence-corrected chi connectivity index (χ0v) is 46.5. The summed E-state index contributed by atoms with van der Waals surface area (Å²) in [4.78, 5) is 43.7. The summed E-state index contributed by atoms with van der Waals surface area (Å²) < 4.78 is 24.3. The van der Waals surface area contributed by atoms with Gasteiger partial charge in [0, 0.05) is 76.8 Å². The van der Waals surface area contributed by atoms with E-state index in [0.717, 1.165) is 0 Å². The van der Waals surface area contributed by atoms with Gasteiger partial charge in [0.25, 0.3) is 0 Å². The van der Waals surface area contributed by atoms with Crippen LogP contribution in [-0.2, 0) is 33.3 Å². The van der Waals surface area contributed by atoms with E-state index in [1.807, 2.05) is 37.3 Å². The number of hydrogen-bond acceptors (Lipinski definition) is 20. The number of carbonyl (C=O) groups is 3. The first-order valence-corrected chi connectivity index (χ1v) is 27.8. The highest BCUT2D eigenvalue weighted by Crippen LogP contribution is 2.39. The van der Waals surface area contributed by atoms with Crippen molar-refractivity contribution < 1.29 is 89.5 Å². The van der Waals surface area contributed by atoms with Crippen molar-refractivity contribution in [2.45, 2.75) is 183 Å². The van der Waals surface area contributed by atoms with E-state index >= 15 is 0 Å². The van der Waals surface area contributed by atoms with Crippen molar-refractivity contribution in [1.82, 2.24) is 20.4 Å². The van der Waals surface area contributed by atoms with E-state index in [0.29, 0.717) is 39.1 Å². The van der Waals surface area contributed by atoms with Gasteiger partial charge in [-0.25, -0.2) is 0 Å². The summed E-state index contributed by atoms with van der Waals surface area (Å²) in [5.41, 5.74) is 0. The Morgan fingerprint density at radius 1 is 0.696 bits per heavy atom. The van der Waals surface area contributed by atoms with Gasteiger partial charge in [-0.15, -0.1) is 0 Å². The molecule has 0 aromatic carbocycles. The summed E-state index contributed by atoms with van der Waals surface area (Å²) in [6, 6.07) is -1.23. The van der Waals surface area contributed by atoms with Crippen LogP contribution in [0.4, 0.5) is 0 Å². The molecule has 22 heteroatoms. The molecule has 4 heterocycles. The maximum atomic E-state index is 14.6. The van der Waals surface area contributed by atoms with Gasteiger partial charge in [-0.3, -0.25) is 19.3 Å². The molecule has 19 atom stereocenters. The van der Waals surface area contributed by atoms with Crippen LogP contribution in [0.1, 0.15) is 85.5 Å². The number of rotatable bonds is 9. The molecule has 13 N–H and O–H groups in total. The average molecular weight is 1120 g/mol. The number of esters is 1. The van der Waals surface area contributed by atoms with E-state index < -0.39 is 153 Å². The van der Waals surface area contributed by atoms with Gasteiger partial charge < -0.3 is 90.7 Å². The van der Waals surface area contributed by atoms with Crippen LogP contribution in [0.3, 0.4) is 0 Å². The van der Waals surface area contributed by atoms with Gasteiger partial charge in [-0.1, -0.05) is 98.9 Å². The van der Waals surface area contributed by atoms with Crippen LogP contribution in [0.2, 0.25) is 0 Å². The molecule has 0 aromatic rings. The lowest BCUT2D eigenvalue weighted by molar-refractivity contribution is -0.308. The van der Waals surface area contributed by atoms with Crippen LogP contribution in [-0.4, -0.2) is 234 Å². The smallest absolute Gasteiger partial charge is 0.308 e. The molecule has 4 aliphatic heterocycles. The molecule has 0 aromatic heterocycles. The van der Waals surface area contributed by atoms with E-state index in [4.69, 9.17) is 18.9 Å². The number of aliphatic hydroxyl groups excluding tert-OH is 10. The molecule has 0 aliphatic carbocycles. The van der Waals surface area contributed by atoms with Crippen LogP contribution in [0.15, 0.2) is 85.1 Å². The topological polar surface area (TPSA) is 341 Å². The minimum atomic E-state index is -2.32. The first-order chi connectivity index (χ1) is 37.6. The molecular weight excluding hydrogens is 1030 g/mol. The Morgan fingerprint density at radius 3 is 1.91 bits per heavy atom. The summed E-state index contributed by atoms with van der Waals surface area (Å²) in [7, 11) is 1.56. The molecule has 2 amide bonds. The number of allylic oxidation sites excluding steroid dienone is 12. The lowest BCUT2D eigenvalue weighted by Gasteiger charge is -2.47. The Labute approximate surface area is 465 Å². The van der Waals surface area contributed by atoms with Crippen molar-refractivity contribution in [3.63, 3.8) is 0 Å². The molecule has 3 fully saturated rings. The highest BCUT2D eigenvalue weighted by molar-refractivity contribution is 5.80. The second-order valence-corrected chi connectivity index (χ2v) is 21.5. The molecule has 4 rings (SSSR count). The van der Waals surface area contributed by atoms with Crippen LogP contribution in [0.5, 0.6) is 0 Å². The number of likely N-dealkylation sites (N-methyl/N-ethyl adjacent to an activating group) is 1. The summed E-state index contributed by atoms with van der Waals surface area (Å²) in [5.74, 6) is -6.09. The molecule has 0 radical (unpaired) electrons. The van der Waals surface area contributed by atoms with Gasteiger partial charge in [-0.2, -0.15) is 0 Å². The predicted molar refractivity (Wildman–Crippen MR) is 292 cm³/mol. The van der Waals surface area contributed by atoms with E-state index in [1.54, 1.807) is 80.5 Å². The molecule has 4 aliphatic rings. The number of nitrogens with zero attached hydrogens (tertiary/aromatic N) is 2. The van der Waals surface area contributed by atoms with Crippen LogP contribution < -0.4 is 10.6 Å². The van der Waals surface area contributed by atoms with E-state index in [9.17, 15) is 70.6 Å². The summed E-state index contributed by atoms with van der Waals surface area (Å²) in [6.07, 6.45) is 4.24. The quantitative estimate of drug-likeness (QED) is 0.130. The average Bonchev–Trinajstić information content (AvgIpc) is 3.44. The zero-order valence-electron chi connectivity index (χ0n) is 46.5. The first-order valence-electron chi connectivity index (χ1n) is 27.8. The fourth-order valence-corrected chi connectivity index (χ4v) is 10.2. The van der Waals surface area contributed by atoms with Crippen LogP contribution in [0.25, 0.3) is 0 Å². The Bertz CT molecular complexity index is 2050. The third kappa shape index (κ3) is 22.7. The van der Waals surface area contributed by atoms with Crippen molar-refractivity contribution in [2.75, 3.05) is 52.9 Å². The molecule has 448 valence electrons. The molecule has 3 saturated heterocycles. The number of aliphatic hydroxyl groups is 11. The van der Waals surface area contributed by atoms with Crippen LogP contribution in [0, 0.1) is 17.8 Å². The Kier molecular flexibility index (Phi) is 29.4. The number of carbonyl (C=O) groups excluding carboxylic acids is 3. The molecule has 0 saturated carbocycles. The highest BCUT2D eigenvalue weighted by atomic mass is 16.7. The maximum absolute atomic E-state index is 14.6. The highest BCUT2D eigenvalue weighted by Gasteiger charge is 2.52. The Morgan fingerprint density at radius 2 is 1.30 bits per heavy atom. The van der Waals surface area contributed by atoms with E-state index in [-0.39, 0.29) is 44.8 Å². The minimum absolute atomic E-state index is 0.0126. The number of piperazine rings is 1. The van der Waals surface area contributed by atoms with Crippen molar-refractivity contribution in [3.8, 4) is 0 Å². The minimum Gasteiger partial charge on any atom is -0.462 e. The molecular formula is C57H92N4O18. The Hall–Kier alpha value is -4.05. The SMILES string of the molecule is CNCC(=O)N[C@@H]1[C@H](O)[C@H](O[C@H]2/C=C/C=C\C=C/C=C\C=C/C=C\C=C/[C@H](C)[C@@H](O)[C@@H](C)[C@H](C)OC(=O)C[C@H](O)C[C@H](O)CC[C@@H](O)[C@H](O)C[C@H](O)C[C@]3(O)C[C@H](O)[C@@H](C(=O)N4CCN(CCCO)CC4)[C@H](C2)O3)O[C@H](C)[C@H]1O. The Balaban J connectivity index is 1.66. The van der Waals surface area contributed by atoms with Crippen molar-refractivity contribution in [3.05, 3.63) is 85.1 Å². The largest absolute Gasteiger partial charge is 0.462 e. The number of fused-ring (bicyclic) bond motifs is 2. The summed E-state index contributed by atoms with van der Waals surface area (Å²) >= 11 is 0. The monoisotopic (exact) mass is 1120 g/mol. The standard InChI is InChI=1S/C57H92N4O18/c1-36-19-16-14-12-10-8-6-7-9-11-13-15-17-20-43(78-56-54(73)51(53(72)39(4)77-56)59-48(69)35-58-5)32-47-50(55(74)61-26-24-60(25-27-61)23-18-28-62)46(68)34-57(75,79-47)33-42(65)30-45(67)44(66)22-21-40(63)29-41(64)31-49(70)76-38(3)37(2)52(36)71/h6-17,19-20,36-47,50-54,56,58,62-68,71-73,75H,18,21-35H2,1-5H3,(H,59,69)/b7-6-,10-8-,11-9-,14-12-,15-13-,19-16-,20-17+/t36-,37-,38-,39+,40+,41+,42-,43-,44+,45+,46-,47-,50+,51-,52+,53+,54-,56-,57+/m0/s1. The first kappa shape index (κ1) is 67.5. The van der Waals surface area contributed by atoms with Gasteiger partial charge in [0.05, 0.1) is 86.0 Å². The lowest BCUT2D eigenvalue weighted by atomic mass is 9.81. The van der Waals surface area contributed by atoms with Gasteiger partial charge in [0.2, 0.25) is 11.8 Å². The van der Waals surface area contributed by atoms with Gasteiger partial charge >= 0.3 is 5.97 Å². The number of amides is 2. The fraction of sp³-hybridized carbons (Fsp3) is 0.702. The molecule has 0 unspecified atom stereocenters. The van der Waals surface area contributed by atoms with Gasteiger partial charge in [0.15, 0.2) is 12.1 Å². The summed E-state index contributed by atoms with van der Waals surface area (Å²) in [6.45, 7) is 8.87.